The van der Waals surface area contributed by atoms with E-state index in [4.69, 9.17) is 10.9 Å². The molecule has 0 unspecified atom stereocenters. The van der Waals surface area contributed by atoms with E-state index in [-0.39, 0.29) is 4.90 Å². The van der Waals surface area contributed by atoms with Gasteiger partial charge in [0.15, 0.2) is 0 Å². The van der Waals surface area contributed by atoms with Crippen LogP contribution in [0.15, 0.2) is 64.9 Å². The highest BCUT2D eigenvalue weighted by Gasteiger charge is 2.20. The van der Waals surface area contributed by atoms with Gasteiger partial charge in [0, 0.05) is 23.6 Å². The Labute approximate surface area is 134 Å². The molecule has 0 aliphatic carbocycles. The first-order valence-corrected chi connectivity index (χ1v) is 8.33. The second-order valence-corrected chi connectivity index (χ2v) is 6.57. The topological polar surface area (TPSA) is 115 Å². The predicted octanol–water partition coefficient (Wildman–Crippen LogP) is 0.905. The molecule has 4 N–H and O–H groups in total. The minimum absolute atomic E-state index is 0.0432. The van der Waals surface area contributed by atoms with Crippen molar-refractivity contribution < 1.29 is 8.42 Å². The summed E-state index contributed by atoms with van der Waals surface area (Å²) in [5, 5.41) is 5.21. The van der Waals surface area contributed by atoms with Crippen LogP contribution in [-0.2, 0) is 10.0 Å². The van der Waals surface area contributed by atoms with Crippen LogP contribution in [0.1, 0.15) is 5.56 Å². The molecule has 2 heterocycles. The number of aromatic nitrogens is 1. The average molecular weight is 329 g/mol. The molecule has 0 amide bonds. The minimum Gasteiger partial charge on any atom is -0.386 e. The molecular weight excluding hydrogens is 314 g/mol. The van der Waals surface area contributed by atoms with Crippen molar-refractivity contribution in [1.82, 2.24) is 4.98 Å². The van der Waals surface area contributed by atoms with Gasteiger partial charge in [0.2, 0.25) is 10.0 Å². The van der Waals surface area contributed by atoms with Crippen molar-refractivity contribution in [3.8, 4) is 0 Å². The molecule has 7 nitrogen and oxygen atoms in total. The van der Waals surface area contributed by atoms with E-state index in [0.29, 0.717) is 18.1 Å². The number of anilines is 1. The van der Waals surface area contributed by atoms with Gasteiger partial charge in [0.1, 0.15) is 5.84 Å². The Morgan fingerprint density at radius 1 is 1.17 bits per heavy atom. The fourth-order valence-electron chi connectivity index (χ4n) is 2.31. The van der Waals surface area contributed by atoms with Crippen LogP contribution in [0, 0.1) is 0 Å². The quantitative estimate of drug-likeness (QED) is 0.868. The van der Waals surface area contributed by atoms with Crippen LogP contribution in [0.4, 0.5) is 5.69 Å². The summed E-state index contributed by atoms with van der Waals surface area (Å²) < 4.78 is 23.1. The van der Waals surface area contributed by atoms with Crippen LogP contribution in [0.25, 0.3) is 5.70 Å². The van der Waals surface area contributed by atoms with Gasteiger partial charge in [-0.3, -0.25) is 4.98 Å². The maximum Gasteiger partial charge on any atom is 0.238 e. The number of nitrogens with two attached hydrogens (primary N) is 2. The molecule has 1 aromatic carbocycles. The van der Waals surface area contributed by atoms with Gasteiger partial charge < -0.3 is 10.6 Å². The minimum atomic E-state index is -3.78. The number of rotatable bonds is 3. The second kappa shape index (κ2) is 5.82. The molecule has 0 bridgehead atoms. The number of sulfonamides is 1. The lowest BCUT2D eigenvalue weighted by Gasteiger charge is -2.29. The van der Waals surface area contributed by atoms with Gasteiger partial charge in [-0.25, -0.2) is 18.5 Å². The standard InChI is InChI=1S/C15H15N5O2S/c16-15-10-20(12-4-1-5-13(7-12)23(17,21)22)14(9-19-15)11-3-2-6-18-8-11/h1-9H,10H2,(H2,16,19)(H2,17,21,22). The Balaban J connectivity index is 2.08. The van der Waals surface area contributed by atoms with Crippen molar-refractivity contribution in [2.24, 2.45) is 15.9 Å². The van der Waals surface area contributed by atoms with E-state index < -0.39 is 10.0 Å². The molecule has 8 heteroatoms. The average Bonchev–Trinajstić information content (AvgIpc) is 2.55. The molecule has 1 aromatic heterocycles. The summed E-state index contributed by atoms with van der Waals surface area (Å²) >= 11 is 0. The number of hydrogen-bond donors (Lipinski definition) is 2. The number of pyridine rings is 1. The van der Waals surface area contributed by atoms with Crippen molar-refractivity contribution in [3.63, 3.8) is 0 Å². The van der Waals surface area contributed by atoms with Gasteiger partial charge in [0.25, 0.3) is 0 Å². The molecule has 3 rings (SSSR count). The number of nitrogens with zero attached hydrogens (tertiary/aromatic N) is 3. The second-order valence-electron chi connectivity index (χ2n) is 5.00. The third-order valence-corrected chi connectivity index (χ3v) is 4.29. The first-order valence-electron chi connectivity index (χ1n) is 6.78. The van der Waals surface area contributed by atoms with E-state index in [1.54, 1.807) is 30.7 Å². The third-order valence-electron chi connectivity index (χ3n) is 3.38. The molecule has 0 atom stereocenters. The van der Waals surface area contributed by atoms with Gasteiger partial charge >= 0.3 is 0 Å². The Morgan fingerprint density at radius 3 is 2.70 bits per heavy atom. The molecule has 0 fully saturated rings. The molecule has 1 aliphatic rings. The van der Waals surface area contributed by atoms with Crippen molar-refractivity contribution >= 4 is 27.2 Å². The lowest BCUT2D eigenvalue weighted by molar-refractivity contribution is 0.598. The van der Waals surface area contributed by atoms with Crippen LogP contribution >= 0.6 is 0 Å². The molecule has 0 spiro atoms. The zero-order chi connectivity index (χ0) is 16.4. The highest BCUT2D eigenvalue weighted by atomic mass is 32.2. The summed E-state index contributed by atoms with van der Waals surface area (Å²) in [6.45, 7) is 0.342. The largest absolute Gasteiger partial charge is 0.386 e. The van der Waals surface area contributed by atoms with Crippen molar-refractivity contribution in [2.75, 3.05) is 11.4 Å². The van der Waals surface area contributed by atoms with Crippen LogP contribution in [-0.4, -0.2) is 25.8 Å². The summed E-state index contributed by atoms with van der Waals surface area (Å²) in [6.07, 6.45) is 5.02. The number of hydrogen-bond acceptors (Lipinski definition) is 6. The van der Waals surface area contributed by atoms with E-state index in [0.717, 1.165) is 11.3 Å². The van der Waals surface area contributed by atoms with E-state index in [2.05, 4.69) is 9.98 Å². The maximum atomic E-state index is 11.6. The van der Waals surface area contributed by atoms with E-state index in [1.807, 2.05) is 17.0 Å². The highest BCUT2D eigenvalue weighted by Crippen LogP contribution is 2.29. The fourth-order valence-corrected chi connectivity index (χ4v) is 2.86. The van der Waals surface area contributed by atoms with Crippen LogP contribution in [0.3, 0.4) is 0 Å². The maximum absolute atomic E-state index is 11.6. The molecule has 23 heavy (non-hydrogen) atoms. The molecule has 0 saturated heterocycles. The SMILES string of the molecule is NC1=NC=C(c2cccnc2)N(c2cccc(S(N)(=O)=O)c2)C1. The summed E-state index contributed by atoms with van der Waals surface area (Å²) in [7, 11) is -3.78. The van der Waals surface area contributed by atoms with E-state index in [9.17, 15) is 8.42 Å². The summed E-state index contributed by atoms with van der Waals surface area (Å²) in [4.78, 5) is 10.2. The van der Waals surface area contributed by atoms with Gasteiger partial charge in [0.05, 0.1) is 23.3 Å². The zero-order valence-corrected chi connectivity index (χ0v) is 12.9. The summed E-state index contributed by atoms with van der Waals surface area (Å²) in [6, 6.07) is 10.1. The lowest BCUT2D eigenvalue weighted by atomic mass is 10.1. The predicted molar refractivity (Wildman–Crippen MR) is 89.0 cm³/mol. The first kappa shape index (κ1) is 15.2. The summed E-state index contributed by atoms with van der Waals surface area (Å²) in [5.74, 6) is 0.429. The molecule has 0 saturated carbocycles. The van der Waals surface area contributed by atoms with E-state index >= 15 is 0 Å². The van der Waals surface area contributed by atoms with Crippen molar-refractivity contribution in [2.45, 2.75) is 4.90 Å². The van der Waals surface area contributed by atoms with Gasteiger partial charge in [-0.2, -0.15) is 0 Å². The van der Waals surface area contributed by atoms with Crippen LogP contribution < -0.4 is 15.8 Å². The Kier molecular flexibility index (Phi) is 3.85. The molecule has 1 aliphatic heterocycles. The number of benzene rings is 1. The zero-order valence-electron chi connectivity index (χ0n) is 12.1. The molecule has 2 aromatic rings. The number of aliphatic imine (C=N–C) groups is 1. The molecule has 0 radical (unpaired) electrons. The molecular formula is C15H15N5O2S. The normalized spacial score (nSPS) is 15.1. The van der Waals surface area contributed by atoms with Gasteiger partial charge in [-0.15, -0.1) is 0 Å². The Bertz CT molecular complexity index is 891. The monoisotopic (exact) mass is 329 g/mol. The van der Waals surface area contributed by atoms with Crippen molar-refractivity contribution in [1.29, 1.82) is 0 Å². The Hall–Kier alpha value is -2.71. The number of primary sulfonamides is 1. The highest BCUT2D eigenvalue weighted by molar-refractivity contribution is 7.89. The first-order chi connectivity index (χ1) is 10.9. The lowest BCUT2D eigenvalue weighted by Crippen LogP contribution is -2.35. The molecule has 118 valence electrons. The van der Waals surface area contributed by atoms with Crippen LogP contribution in [0.5, 0.6) is 0 Å². The summed E-state index contributed by atoms with van der Waals surface area (Å²) in [5.41, 5.74) is 8.12. The number of amidine groups is 1. The smallest absolute Gasteiger partial charge is 0.238 e. The van der Waals surface area contributed by atoms with E-state index in [1.165, 1.54) is 12.1 Å². The van der Waals surface area contributed by atoms with Gasteiger partial charge in [-0.05, 0) is 30.3 Å². The third kappa shape index (κ3) is 3.22. The van der Waals surface area contributed by atoms with Crippen LogP contribution in [0.2, 0.25) is 0 Å². The Morgan fingerprint density at radius 2 is 2.00 bits per heavy atom. The van der Waals surface area contributed by atoms with Crippen molar-refractivity contribution in [3.05, 3.63) is 60.6 Å². The fraction of sp³-hybridized carbons (Fsp3) is 0.0667. The van der Waals surface area contributed by atoms with Gasteiger partial charge in [-0.1, -0.05) is 6.07 Å².